The largest absolute Gasteiger partial charge is 0.493 e. The summed E-state index contributed by atoms with van der Waals surface area (Å²) in [6.45, 7) is 7.87. The second-order valence-electron chi connectivity index (χ2n) is 9.34. The van der Waals surface area contributed by atoms with Gasteiger partial charge in [-0.1, -0.05) is 36.4 Å². The van der Waals surface area contributed by atoms with E-state index in [-0.39, 0.29) is 17.8 Å². The first-order chi connectivity index (χ1) is 16.8. The number of methoxy groups -OCH3 is 1. The molecular formula is C29H33NO5. The number of ether oxygens (including phenoxy) is 3. The molecule has 0 bridgehead atoms. The number of hydrogen-bond acceptors (Lipinski definition) is 6. The van der Waals surface area contributed by atoms with Crippen molar-refractivity contribution in [2.45, 2.75) is 58.5 Å². The molecule has 1 fully saturated rings. The number of ketones is 1. The molecule has 0 N–H and O–H groups in total. The Morgan fingerprint density at radius 2 is 1.77 bits per heavy atom. The Balaban J connectivity index is 1.81. The lowest BCUT2D eigenvalue weighted by Gasteiger charge is -2.38. The van der Waals surface area contributed by atoms with E-state index in [0.29, 0.717) is 42.2 Å². The maximum atomic E-state index is 13.7. The van der Waals surface area contributed by atoms with Gasteiger partial charge >= 0.3 is 5.97 Å². The molecule has 4 rings (SSSR count). The minimum Gasteiger partial charge on any atom is -0.493 e. The smallest absolute Gasteiger partial charge is 0.336 e. The number of benzene rings is 2. The number of nitrogens with zero attached hydrogens (tertiary/aromatic N) is 1. The van der Waals surface area contributed by atoms with E-state index >= 15 is 0 Å². The lowest BCUT2D eigenvalue weighted by molar-refractivity contribution is -0.143. The van der Waals surface area contributed by atoms with Crippen molar-refractivity contribution < 1.29 is 23.8 Å². The molecule has 2 aromatic carbocycles. The summed E-state index contributed by atoms with van der Waals surface area (Å²) in [6.07, 6.45) is 0.798. The average molecular weight is 476 g/mol. The Morgan fingerprint density at radius 1 is 1.03 bits per heavy atom. The summed E-state index contributed by atoms with van der Waals surface area (Å²) in [6, 6.07) is 15.7. The van der Waals surface area contributed by atoms with E-state index < -0.39 is 17.8 Å². The zero-order valence-corrected chi connectivity index (χ0v) is 21.0. The fourth-order valence-electron chi connectivity index (χ4n) is 5.19. The molecule has 1 saturated carbocycles. The molecule has 35 heavy (non-hydrogen) atoms. The second-order valence-corrected chi connectivity index (χ2v) is 9.34. The topological polar surface area (TPSA) is 74.2 Å². The highest BCUT2D eigenvalue weighted by Gasteiger charge is 2.46. The highest BCUT2D eigenvalue weighted by molar-refractivity contribution is 6.12. The van der Waals surface area contributed by atoms with E-state index in [0.717, 1.165) is 16.8 Å². The summed E-state index contributed by atoms with van der Waals surface area (Å²) in [7, 11) is 1.58. The van der Waals surface area contributed by atoms with Gasteiger partial charge in [0.15, 0.2) is 11.5 Å². The van der Waals surface area contributed by atoms with Gasteiger partial charge in [0.2, 0.25) is 0 Å². The summed E-state index contributed by atoms with van der Waals surface area (Å²) in [5, 5.41) is 0. The Bertz CT molecular complexity index is 1160. The zero-order chi connectivity index (χ0) is 25.1. The third-order valence-electron chi connectivity index (χ3n) is 6.63. The summed E-state index contributed by atoms with van der Waals surface area (Å²) >= 11 is 0. The van der Waals surface area contributed by atoms with Gasteiger partial charge in [-0.15, -0.1) is 0 Å². The SMILES string of the molecule is CCOc1ccc([C@H]2C(C(=O)OC(C)C)=C(C)N=C3C[C@@H](c4ccccc4)CC(=O)C32)cc1OC. The van der Waals surface area contributed by atoms with Gasteiger partial charge in [0.25, 0.3) is 0 Å². The highest BCUT2D eigenvalue weighted by atomic mass is 16.5. The Kier molecular flexibility index (Phi) is 7.39. The van der Waals surface area contributed by atoms with Gasteiger partial charge in [0.05, 0.1) is 31.3 Å². The number of aliphatic imine (C=N–C) groups is 1. The third kappa shape index (κ3) is 5.02. The zero-order valence-electron chi connectivity index (χ0n) is 21.0. The summed E-state index contributed by atoms with van der Waals surface area (Å²) in [5.74, 6) is -0.104. The van der Waals surface area contributed by atoms with Crippen molar-refractivity contribution in [2.24, 2.45) is 10.9 Å². The van der Waals surface area contributed by atoms with Gasteiger partial charge < -0.3 is 14.2 Å². The second kappa shape index (κ2) is 10.5. The van der Waals surface area contributed by atoms with Crippen molar-refractivity contribution in [3.05, 3.63) is 70.9 Å². The predicted molar refractivity (Wildman–Crippen MR) is 135 cm³/mol. The number of Topliss-reactive ketones (excluding diaryl/α,β-unsaturated/α-hetero) is 1. The molecule has 0 radical (unpaired) electrons. The highest BCUT2D eigenvalue weighted by Crippen LogP contribution is 2.47. The van der Waals surface area contributed by atoms with Crippen molar-refractivity contribution in [1.29, 1.82) is 0 Å². The third-order valence-corrected chi connectivity index (χ3v) is 6.63. The molecule has 0 amide bonds. The first-order valence-electron chi connectivity index (χ1n) is 12.2. The standard InChI is InChI=1S/C29H33NO5/c1-6-34-24-13-12-20(16-25(24)33-5)27-26(29(32)35-17(2)3)18(4)30-22-14-21(15-23(31)28(22)27)19-10-8-7-9-11-19/h7-13,16-17,21,27-28H,6,14-15H2,1-5H3/t21-,27+,28?/m1/s1. The van der Waals surface area contributed by atoms with Gasteiger partial charge in [-0.25, -0.2) is 4.79 Å². The number of allylic oxidation sites excluding steroid dienone is 1. The normalized spacial score (nSPS) is 21.9. The van der Waals surface area contributed by atoms with E-state index in [9.17, 15) is 9.59 Å². The number of carbonyl (C=O) groups excluding carboxylic acids is 2. The first kappa shape index (κ1) is 24.7. The Hall–Kier alpha value is -3.41. The van der Waals surface area contributed by atoms with E-state index in [4.69, 9.17) is 19.2 Å². The van der Waals surface area contributed by atoms with E-state index in [2.05, 4.69) is 12.1 Å². The molecule has 0 aromatic heterocycles. The van der Waals surface area contributed by atoms with Crippen LogP contribution in [0.15, 0.2) is 64.8 Å². The molecule has 6 nitrogen and oxygen atoms in total. The van der Waals surface area contributed by atoms with Crippen LogP contribution >= 0.6 is 0 Å². The minimum absolute atomic E-state index is 0.0752. The average Bonchev–Trinajstić information content (AvgIpc) is 2.83. The van der Waals surface area contributed by atoms with Crippen LogP contribution in [0.1, 0.15) is 63.5 Å². The van der Waals surface area contributed by atoms with Gasteiger partial charge in [0, 0.05) is 23.7 Å². The number of hydrogen-bond donors (Lipinski definition) is 0. The number of rotatable bonds is 7. The van der Waals surface area contributed by atoms with E-state index in [1.807, 2.05) is 64.1 Å². The molecule has 3 atom stereocenters. The number of carbonyl (C=O) groups is 2. The van der Waals surface area contributed by atoms with Crippen molar-refractivity contribution in [1.82, 2.24) is 0 Å². The molecule has 0 saturated heterocycles. The van der Waals surface area contributed by atoms with Crippen molar-refractivity contribution in [2.75, 3.05) is 13.7 Å². The lowest BCUT2D eigenvalue weighted by atomic mass is 9.66. The Morgan fingerprint density at radius 3 is 2.43 bits per heavy atom. The molecule has 1 heterocycles. The lowest BCUT2D eigenvalue weighted by Crippen LogP contribution is -2.41. The predicted octanol–water partition coefficient (Wildman–Crippen LogP) is 5.62. The molecule has 2 aliphatic rings. The van der Waals surface area contributed by atoms with Crippen molar-refractivity contribution >= 4 is 17.5 Å². The minimum atomic E-state index is -0.518. The van der Waals surface area contributed by atoms with E-state index in [1.54, 1.807) is 7.11 Å². The molecule has 6 heteroatoms. The molecule has 1 unspecified atom stereocenters. The fraction of sp³-hybridized carbons (Fsp3) is 0.414. The molecule has 0 spiro atoms. The van der Waals surface area contributed by atoms with E-state index in [1.165, 1.54) is 0 Å². The van der Waals surface area contributed by atoms with Crippen molar-refractivity contribution in [3.8, 4) is 11.5 Å². The molecule has 2 aromatic rings. The van der Waals surface area contributed by atoms with Crippen LogP contribution in [0.2, 0.25) is 0 Å². The monoisotopic (exact) mass is 475 g/mol. The van der Waals surface area contributed by atoms with Gasteiger partial charge in [-0.05, 0) is 63.3 Å². The summed E-state index contributed by atoms with van der Waals surface area (Å²) in [4.78, 5) is 31.8. The van der Waals surface area contributed by atoms with Crippen LogP contribution in [0.4, 0.5) is 0 Å². The first-order valence-corrected chi connectivity index (χ1v) is 12.2. The molecular weight excluding hydrogens is 442 g/mol. The van der Waals surface area contributed by atoms with Crippen LogP contribution < -0.4 is 9.47 Å². The van der Waals surface area contributed by atoms with Crippen LogP contribution in [0.3, 0.4) is 0 Å². The molecule has 184 valence electrons. The van der Waals surface area contributed by atoms with Crippen molar-refractivity contribution in [3.63, 3.8) is 0 Å². The summed E-state index contributed by atoms with van der Waals surface area (Å²) < 4.78 is 16.9. The van der Waals surface area contributed by atoms with Crippen LogP contribution in [-0.4, -0.2) is 37.3 Å². The van der Waals surface area contributed by atoms with Crippen LogP contribution in [0.5, 0.6) is 11.5 Å². The van der Waals surface area contributed by atoms with Gasteiger partial charge in [-0.3, -0.25) is 9.79 Å². The summed E-state index contributed by atoms with van der Waals surface area (Å²) in [5.41, 5.74) is 3.80. The molecule has 1 aliphatic heterocycles. The van der Waals surface area contributed by atoms with Crippen LogP contribution in [0, 0.1) is 5.92 Å². The number of fused-ring (bicyclic) bond motifs is 1. The van der Waals surface area contributed by atoms with Crippen LogP contribution in [0.25, 0.3) is 0 Å². The maximum absolute atomic E-state index is 13.7. The van der Waals surface area contributed by atoms with Crippen LogP contribution in [-0.2, 0) is 14.3 Å². The fourth-order valence-corrected chi connectivity index (χ4v) is 5.19. The van der Waals surface area contributed by atoms with Gasteiger partial charge in [-0.2, -0.15) is 0 Å². The Labute approximate surface area is 207 Å². The molecule has 1 aliphatic carbocycles. The maximum Gasteiger partial charge on any atom is 0.336 e. The van der Waals surface area contributed by atoms with Gasteiger partial charge in [0.1, 0.15) is 5.78 Å². The number of esters is 1. The quantitative estimate of drug-likeness (QED) is 0.486.